The van der Waals surface area contributed by atoms with Crippen LogP contribution in [0.1, 0.15) is 63.5 Å². The summed E-state index contributed by atoms with van der Waals surface area (Å²) in [6.07, 6.45) is 3.44. The molecule has 0 saturated heterocycles. The van der Waals surface area contributed by atoms with Crippen LogP contribution in [0.25, 0.3) is 0 Å². The molecule has 0 spiro atoms. The van der Waals surface area contributed by atoms with Gasteiger partial charge in [0, 0.05) is 15.7 Å². The van der Waals surface area contributed by atoms with Gasteiger partial charge in [0.2, 0.25) is 0 Å². The second-order valence-corrected chi connectivity index (χ2v) is 7.80. The van der Waals surface area contributed by atoms with E-state index in [0.29, 0.717) is 0 Å². The van der Waals surface area contributed by atoms with E-state index in [4.69, 9.17) is 0 Å². The second-order valence-electron chi connectivity index (χ2n) is 6.88. The highest BCUT2D eigenvalue weighted by Crippen LogP contribution is 2.71. The van der Waals surface area contributed by atoms with Gasteiger partial charge in [-0.1, -0.05) is 34.1 Å². The van der Waals surface area contributed by atoms with Gasteiger partial charge in [0.15, 0.2) is 0 Å². The predicted molar refractivity (Wildman–Crippen MR) is 72.4 cm³/mol. The standard InChI is InChI=1S/C15H22OS/c1-13(2)7-5-8-14(3)12-10(6-9-17-12)11(16)15(13,14)4/h6,9,11,16H,5,7-8H2,1-4H3/t11-,14+,15+/m1/s1. The molecule has 3 atom stereocenters. The molecule has 0 unspecified atom stereocenters. The molecular formula is C15H22OS. The first kappa shape index (κ1) is 11.7. The van der Waals surface area contributed by atoms with Crippen LogP contribution in [0.15, 0.2) is 11.4 Å². The molecule has 1 aromatic rings. The van der Waals surface area contributed by atoms with Crippen molar-refractivity contribution in [2.75, 3.05) is 0 Å². The van der Waals surface area contributed by atoms with E-state index in [1.807, 2.05) is 11.3 Å². The molecule has 2 aliphatic carbocycles. The monoisotopic (exact) mass is 250 g/mol. The van der Waals surface area contributed by atoms with Crippen LogP contribution in [0.5, 0.6) is 0 Å². The van der Waals surface area contributed by atoms with Crippen LogP contribution < -0.4 is 0 Å². The van der Waals surface area contributed by atoms with Crippen LogP contribution in [-0.2, 0) is 5.41 Å². The summed E-state index contributed by atoms with van der Waals surface area (Å²) in [4.78, 5) is 1.44. The fourth-order valence-electron chi connectivity index (χ4n) is 4.47. The molecule has 2 aliphatic rings. The van der Waals surface area contributed by atoms with Gasteiger partial charge < -0.3 is 5.11 Å². The SMILES string of the molecule is CC1(C)CCC[C@@]2(C)c3sccc3[C@@H](O)[C@@]12C. The predicted octanol–water partition coefficient (Wildman–Crippen LogP) is 4.27. The molecule has 1 nitrogen and oxygen atoms in total. The molecular weight excluding hydrogens is 228 g/mol. The molecule has 1 N–H and O–H groups in total. The highest BCUT2D eigenvalue weighted by atomic mass is 32.1. The van der Waals surface area contributed by atoms with Crippen LogP contribution in [0, 0.1) is 10.8 Å². The normalized spacial score (nSPS) is 43.2. The summed E-state index contributed by atoms with van der Waals surface area (Å²) in [5.74, 6) is 0. The summed E-state index contributed by atoms with van der Waals surface area (Å²) in [6.45, 7) is 9.36. The maximum absolute atomic E-state index is 10.8. The average Bonchev–Trinajstić information content (AvgIpc) is 2.78. The lowest BCUT2D eigenvalue weighted by atomic mass is 9.48. The lowest BCUT2D eigenvalue weighted by Gasteiger charge is -2.57. The molecule has 1 fully saturated rings. The van der Waals surface area contributed by atoms with Crippen molar-refractivity contribution in [3.8, 4) is 0 Å². The summed E-state index contributed by atoms with van der Waals surface area (Å²) in [7, 11) is 0. The fraction of sp³-hybridized carbons (Fsp3) is 0.733. The van der Waals surface area contributed by atoms with E-state index in [1.54, 1.807) is 0 Å². The molecule has 0 bridgehead atoms. The molecule has 2 heteroatoms. The van der Waals surface area contributed by atoms with Crippen LogP contribution >= 0.6 is 11.3 Å². The Bertz CT molecular complexity index is 461. The van der Waals surface area contributed by atoms with E-state index in [1.165, 1.54) is 29.7 Å². The third kappa shape index (κ3) is 1.09. The molecule has 17 heavy (non-hydrogen) atoms. The van der Waals surface area contributed by atoms with Crippen LogP contribution in [0.4, 0.5) is 0 Å². The van der Waals surface area contributed by atoms with Gasteiger partial charge in [-0.2, -0.15) is 0 Å². The Labute approximate surface area is 108 Å². The van der Waals surface area contributed by atoms with Gasteiger partial charge >= 0.3 is 0 Å². The third-order valence-electron chi connectivity index (χ3n) is 6.07. The van der Waals surface area contributed by atoms with Crippen molar-refractivity contribution in [2.24, 2.45) is 10.8 Å². The average molecular weight is 250 g/mol. The second kappa shape index (κ2) is 3.16. The third-order valence-corrected chi connectivity index (χ3v) is 7.26. The van der Waals surface area contributed by atoms with E-state index in [9.17, 15) is 5.11 Å². The summed E-state index contributed by atoms with van der Waals surface area (Å²) >= 11 is 1.84. The van der Waals surface area contributed by atoms with Gasteiger partial charge in [-0.3, -0.25) is 0 Å². The number of aliphatic hydroxyl groups excluding tert-OH is 1. The molecule has 0 aliphatic heterocycles. The molecule has 1 aromatic heterocycles. The van der Waals surface area contributed by atoms with Gasteiger partial charge in [-0.15, -0.1) is 11.3 Å². The van der Waals surface area contributed by atoms with Crippen molar-refractivity contribution < 1.29 is 5.11 Å². The molecule has 1 heterocycles. The van der Waals surface area contributed by atoms with Crippen molar-refractivity contribution in [3.05, 3.63) is 21.9 Å². The summed E-state index contributed by atoms with van der Waals surface area (Å²) in [5.41, 5.74) is 1.56. The van der Waals surface area contributed by atoms with Gasteiger partial charge in [0.1, 0.15) is 0 Å². The Morgan fingerprint density at radius 1 is 1.24 bits per heavy atom. The van der Waals surface area contributed by atoms with Crippen LogP contribution in [0.2, 0.25) is 0 Å². The van der Waals surface area contributed by atoms with Gasteiger partial charge in [0.05, 0.1) is 6.10 Å². The number of rotatable bonds is 0. The molecule has 3 rings (SSSR count). The molecule has 0 amide bonds. The Morgan fingerprint density at radius 3 is 2.65 bits per heavy atom. The first-order valence-electron chi connectivity index (χ1n) is 6.60. The molecule has 94 valence electrons. The van der Waals surface area contributed by atoms with Crippen molar-refractivity contribution in [1.82, 2.24) is 0 Å². The summed E-state index contributed by atoms with van der Waals surface area (Å²) in [5, 5.41) is 13.0. The Morgan fingerprint density at radius 2 is 1.94 bits per heavy atom. The molecule has 1 saturated carbocycles. The zero-order chi connectivity index (χ0) is 12.5. The quantitative estimate of drug-likeness (QED) is 0.729. The van der Waals surface area contributed by atoms with Crippen molar-refractivity contribution in [1.29, 1.82) is 0 Å². The number of hydrogen-bond acceptors (Lipinski definition) is 2. The van der Waals surface area contributed by atoms with Crippen molar-refractivity contribution in [3.63, 3.8) is 0 Å². The smallest absolute Gasteiger partial charge is 0.0868 e. The highest BCUT2D eigenvalue weighted by Gasteiger charge is 2.65. The number of aliphatic hydroxyl groups is 1. The topological polar surface area (TPSA) is 20.2 Å². The van der Waals surface area contributed by atoms with Crippen LogP contribution in [-0.4, -0.2) is 5.11 Å². The Hall–Kier alpha value is -0.340. The van der Waals surface area contributed by atoms with E-state index < -0.39 is 0 Å². The minimum absolute atomic E-state index is 0.0132. The first-order chi connectivity index (χ1) is 7.84. The maximum Gasteiger partial charge on any atom is 0.0868 e. The van der Waals surface area contributed by atoms with Crippen molar-refractivity contribution in [2.45, 2.75) is 58.5 Å². The summed E-state index contributed by atoms with van der Waals surface area (Å²) < 4.78 is 0. The van der Waals surface area contributed by atoms with Crippen LogP contribution in [0.3, 0.4) is 0 Å². The van der Waals surface area contributed by atoms with E-state index in [2.05, 4.69) is 39.1 Å². The van der Waals surface area contributed by atoms with E-state index in [-0.39, 0.29) is 22.3 Å². The Balaban J connectivity index is 2.25. The number of fused-ring (bicyclic) bond motifs is 3. The van der Waals surface area contributed by atoms with Gasteiger partial charge in [-0.05, 0) is 35.3 Å². The highest BCUT2D eigenvalue weighted by molar-refractivity contribution is 7.10. The zero-order valence-electron chi connectivity index (χ0n) is 11.2. The van der Waals surface area contributed by atoms with Crippen molar-refractivity contribution >= 4 is 11.3 Å². The largest absolute Gasteiger partial charge is 0.388 e. The van der Waals surface area contributed by atoms with Gasteiger partial charge in [0.25, 0.3) is 0 Å². The first-order valence-corrected chi connectivity index (χ1v) is 7.48. The van der Waals surface area contributed by atoms with E-state index >= 15 is 0 Å². The number of thiophene rings is 1. The summed E-state index contributed by atoms with van der Waals surface area (Å²) in [6, 6.07) is 2.13. The lowest BCUT2D eigenvalue weighted by molar-refractivity contribution is -0.114. The van der Waals surface area contributed by atoms with Gasteiger partial charge in [-0.25, -0.2) is 0 Å². The molecule has 0 radical (unpaired) electrons. The zero-order valence-corrected chi connectivity index (χ0v) is 12.0. The minimum Gasteiger partial charge on any atom is -0.388 e. The molecule has 0 aromatic carbocycles. The number of hydrogen-bond donors (Lipinski definition) is 1. The lowest BCUT2D eigenvalue weighted by Crippen LogP contribution is -2.53. The van der Waals surface area contributed by atoms with E-state index in [0.717, 1.165) is 0 Å². The minimum atomic E-state index is -0.288. The maximum atomic E-state index is 10.8. The fourth-order valence-corrected chi connectivity index (χ4v) is 5.71. The Kier molecular flexibility index (Phi) is 2.18.